The summed E-state index contributed by atoms with van der Waals surface area (Å²) in [5.74, 6) is 0.881. The van der Waals surface area contributed by atoms with E-state index in [1.54, 1.807) is 0 Å². The first-order chi connectivity index (χ1) is 8.17. The molecule has 1 N–H and O–H groups in total. The molecular weight excluding hydrogens is 210 g/mol. The largest absolute Gasteiger partial charge is 0.332 e. The summed E-state index contributed by atoms with van der Waals surface area (Å²) in [7, 11) is 0. The summed E-state index contributed by atoms with van der Waals surface area (Å²) in [5, 5.41) is 3.61. The second kappa shape index (κ2) is 4.13. The highest BCUT2D eigenvalue weighted by Gasteiger charge is 2.32. The van der Waals surface area contributed by atoms with E-state index in [9.17, 15) is 0 Å². The summed E-state index contributed by atoms with van der Waals surface area (Å²) in [4.78, 5) is 4.62. The van der Waals surface area contributed by atoms with Crippen LogP contribution in [0.1, 0.15) is 50.9 Å². The van der Waals surface area contributed by atoms with Crippen LogP contribution in [0, 0.1) is 5.92 Å². The van der Waals surface area contributed by atoms with Crippen LogP contribution in [-0.4, -0.2) is 16.1 Å². The molecule has 0 spiro atoms. The van der Waals surface area contributed by atoms with Gasteiger partial charge in [-0.15, -0.1) is 0 Å². The zero-order valence-electron chi connectivity index (χ0n) is 11.0. The molecule has 17 heavy (non-hydrogen) atoms. The zero-order chi connectivity index (χ0) is 11.9. The van der Waals surface area contributed by atoms with Crippen molar-refractivity contribution in [3.05, 3.63) is 17.7 Å². The molecule has 0 unspecified atom stereocenters. The molecule has 1 aromatic heterocycles. The first-order valence-electron chi connectivity index (χ1n) is 6.96. The van der Waals surface area contributed by atoms with Gasteiger partial charge in [-0.2, -0.15) is 0 Å². The summed E-state index contributed by atoms with van der Waals surface area (Å²) < 4.78 is 2.41. The lowest BCUT2D eigenvalue weighted by molar-refractivity contribution is 0.339. The fraction of sp³-hybridized carbons (Fsp3) is 0.786. The molecule has 0 atom stereocenters. The Hall–Kier alpha value is -0.830. The van der Waals surface area contributed by atoms with Gasteiger partial charge in [-0.3, -0.25) is 0 Å². The van der Waals surface area contributed by atoms with Crippen molar-refractivity contribution < 1.29 is 0 Å². The van der Waals surface area contributed by atoms with E-state index < -0.39 is 0 Å². The molecule has 1 aliphatic heterocycles. The number of hydrogen-bond acceptors (Lipinski definition) is 2. The van der Waals surface area contributed by atoms with Crippen LogP contribution in [0.15, 0.2) is 6.33 Å². The van der Waals surface area contributed by atoms with Crippen LogP contribution in [0.2, 0.25) is 0 Å². The Bertz CT molecular complexity index is 400. The van der Waals surface area contributed by atoms with Gasteiger partial charge in [0.15, 0.2) is 0 Å². The highest BCUT2D eigenvalue weighted by atomic mass is 15.1. The topological polar surface area (TPSA) is 29.9 Å². The van der Waals surface area contributed by atoms with E-state index in [1.165, 1.54) is 43.6 Å². The Balaban J connectivity index is 1.87. The molecule has 1 fully saturated rings. The molecule has 1 aromatic rings. The second-order valence-corrected chi connectivity index (χ2v) is 6.14. The Labute approximate surface area is 104 Å². The van der Waals surface area contributed by atoms with Crippen LogP contribution in [-0.2, 0) is 18.5 Å². The van der Waals surface area contributed by atoms with Crippen molar-refractivity contribution in [1.82, 2.24) is 14.9 Å². The maximum atomic E-state index is 4.62. The van der Waals surface area contributed by atoms with Crippen LogP contribution in [0.5, 0.6) is 0 Å². The number of aromatic nitrogens is 2. The SMILES string of the molecule is CC1(C)NCCc2ncn(CC3CCCC3)c21. The minimum absolute atomic E-state index is 0.0860. The maximum Gasteiger partial charge on any atom is 0.0952 e. The van der Waals surface area contributed by atoms with Crippen LogP contribution in [0.4, 0.5) is 0 Å². The van der Waals surface area contributed by atoms with Gasteiger partial charge in [-0.05, 0) is 32.6 Å². The minimum atomic E-state index is 0.0860. The van der Waals surface area contributed by atoms with E-state index >= 15 is 0 Å². The van der Waals surface area contributed by atoms with Crippen molar-refractivity contribution in [2.75, 3.05) is 6.54 Å². The molecule has 2 aliphatic rings. The van der Waals surface area contributed by atoms with Crippen molar-refractivity contribution >= 4 is 0 Å². The summed E-state index contributed by atoms with van der Waals surface area (Å²) >= 11 is 0. The molecule has 0 bridgehead atoms. The van der Waals surface area contributed by atoms with Crippen molar-refractivity contribution in [1.29, 1.82) is 0 Å². The normalized spacial score (nSPS) is 23.9. The van der Waals surface area contributed by atoms with Gasteiger partial charge >= 0.3 is 0 Å². The molecule has 3 rings (SSSR count). The standard InChI is InChI=1S/C14H23N3/c1-14(2)13-12(7-8-16-14)15-10-17(13)9-11-5-3-4-6-11/h10-11,16H,3-9H2,1-2H3. The monoisotopic (exact) mass is 233 g/mol. The average Bonchev–Trinajstić information content (AvgIpc) is 2.88. The predicted molar refractivity (Wildman–Crippen MR) is 68.9 cm³/mol. The molecule has 0 saturated heterocycles. The summed E-state index contributed by atoms with van der Waals surface area (Å²) in [6.07, 6.45) is 8.79. The van der Waals surface area contributed by atoms with E-state index in [0.717, 1.165) is 18.9 Å². The van der Waals surface area contributed by atoms with Gasteiger partial charge in [0, 0.05) is 19.5 Å². The van der Waals surface area contributed by atoms with E-state index in [0.29, 0.717) is 0 Å². The van der Waals surface area contributed by atoms with Crippen molar-refractivity contribution in [2.45, 2.75) is 58.0 Å². The molecule has 0 amide bonds. The number of nitrogens with zero attached hydrogens (tertiary/aromatic N) is 2. The molecule has 0 aromatic carbocycles. The van der Waals surface area contributed by atoms with Gasteiger partial charge < -0.3 is 9.88 Å². The van der Waals surface area contributed by atoms with Gasteiger partial charge in [0.1, 0.15) is 0 Å². The second-order valence-electron chi connectivity index (χ2n) is 6.14. The molecule has 94 valence electrons. The number of nitrogens with one attached hydrogen (secondary N) is 1. The Morgan fingerprint density at radius 1 is 1.41 bits per heavy atom. The number of rotatable bonds is 2. The predicted octanol–water partition coefficient (Wildman–Crippen LogP) is 2.45. The third-order valence-corrected chi connectivity index (χ3v) is 4.36. The van der Waals surface area contributed by atoms with Gasteiger partial charge in [0.2, 0.25) is 0 Å². The summed E-state index contributed by atoms with van der Waals surface area (Å²) in [6.45, 7) is 6.78. The van der Waals surface area contributed by atoms with Crippen molar-refractivity contribution in [3.63, 3.8) is 0 Å². The van der Waals surface area contributed by atoms with Gasteiger partial charge in [0.05, 0.1) is 23.3 Å². The van der Waals surface area contributed by atoms with E-state index in [-0.39, 0.29) is 5.54 Å². The summed E-state index contributed by atoms with van der Waals surface area (Å²) in [5.41, 5.74) is 2.82. The molecular formula is C14H23N3. The first kappa shape index (κ1) is 11.3. The van der Waals surface area contributed by atoms with Gasteiger partial charge in [-0.1, -0.05) is 12.8 Å². The molecule has 0 radical (unpaired) electrons. The van der Waals surface area contributed by atoms with Crippen molar-refractivity contribution in [3.8, 4) is 0 Å². The quantitative estimate of drug-likeness (QED) is 0.850. The highest BCUT2D eigenvalue weighted by molar-refractivity contribution is 5.25. The minimum Gasteiger partial charge on any atom is -0.332 e. The fourth-order valence-electron chi connectivity index (χ4n) is 3.51. The lowest BCUT2D eigenvalue weighted by atomic mass is 9.93. The van der Waals surface area contributed by atoms with E-state index in [4.69, 9.17) is 0 Å². The summed E-state index contributed by atoms with van der Waals surface area (Å²) in [6, 6.07) is 0. The molecule has 1 saturated carbocycles. The average molecular weight is 233 g/mol. The van der Waals surface area contributed by atoms with Crippen LogP contribution in [0.25, 0.3) is 0 Å². The number of hydrogen-bond donors (Lipinski definition) is 1. The third kappa shape index (κ3) is 2.01. The van der Waals surface area contributed by atoms with Crippen LogP contribution >= 0.6 is 0 Å². The fourth-order valence-corrected chi connectivity index (χ4v) is 3.51. The smallest absolute Gasteiger partial charge is 0.0952 e. The maximum absolute atomic E-state index is 4.62. The van der Waals surface area contributed by atoms with E-state index in [2.05, 4.69) is 35.0 Å². The van der Waals surface area contributed by atoms with Gasteiger partial charge in [0.25, 0.3) is 0 Å². The number of imidazole rings is 1. The molecule has 1 aliphatic carbocycles. The van der Waals surface area contributed by atoms with Gasteiger partial charge in [-0.25, -0.2) is 4.98 Å². The zero-order valence-corrected chi connectivity index (χ0v) is 11.0. The molecule has 3 nitrogen and oxygen atoms in total. The first-order valence-corrected chi connectivity index (χ1v) is 6.96. The Morgan fingerprint density at radius 2 is 2.18 bits per heavy atom. The lowest BCUT2D eigenvalue weighted by Gasteiger charge is -2.33. The van der Waals surface area contributed by atoms with Crippen molar-refractivity contribution in [2.24, 2.45) is 5.92 Å². The Kier molecular flexibility index (Phi) is 2.74. The highest BCUT2D eigenvalue weighted by Crippen LogP contribution is 2.31. The Morgan fingerprint density at radius 3 is 2.94 bits per heavy atom. The molecule has 3 heteroatoms. The van der Waals surface area contributed by atoms with Crippen LogP contribution in [0.3, 0.4) is 0 Å². The molecule has 2 heterocycles. The number of fused-ring (bicyclic) bond motifs is 1. The van der Waals surface area contributed by atoms with Crippen LogP contribution < -0.4 is 5.32 Å². The third-order valence-electron chi connectivity index (χ3n) is 4.36. The van der Waals surface area contributed by atoms with E-state index in [1.807, 2.05) is 0 Å². The lowest BCUT2D eigenvalue weighted by Crippen LogP contribution is -2.44.